The van der Waals surface area contributed by atoms with Gasteiger partial charge in [0, 0.05) is 50.2 Å². The Labute approximate surface area is 171 Å². The number of carbonyl (C=O) groups is 2. The highest BCUT2D eigenvalue weighted by atomic mass is 16.5. The third-order valence-corrected chi connectivity index (χ3v) is 6.51. The number of hydrogen-bond acceptors (Lipinski definition) is 6. The number of ether oxygens (including phenoxy) is 1. The van der Waals surface area contributed by atoms with Gasteiger partial charge in [-0.15, -0.1) is 0 Å². The van der Waals surface area contributed by atoms with Crippen LogP contribution in [0.15, 0.2) is 10.6 Å². The summed E-state index contributed by atoms with van der Waals surface area (Å²) in [6, 6.07) is 2.73. The predicted octanol–water partition coefficient (Wildman–Crippen LogP) is 1.77. The highest BCUT2D eigenvalue weighted by Crippen LogP contribution is 2.29. The van der Waals surface area contributed by atoms with Crippen LogP contribution in [0, 0.1) is 0 Å². The Hall–Kier alpha value is -1.93. The molecule has 0 spiro atoms. The van der Waals surface area contributed by atoms with Crippen molar-refractivity contribution >= 4 is 11.8 Å². The molecule has 1 aromatic heterocycles. The van der Waals surface area contributed by atoms with Crippen LogP contribution >= 0.6 is 0 Å². The predicted molar refractivity (Wildman–Crippen MR) is 107 cm³/mol. The van der Waals surface area contributed by atoms with Gasteiger partial charge < -0.3 is 24.4 Å². The lowest BCUT2D eigenvalue weighted by atomic mass is 9.89. The summed E-state index contributed by atoms with van der Waals surface area (Å²) in [7, 11) is 0. The zero-order valence-corrected chi connectivity index (χ0v) is 17.4. The van der Waals surface area contributed by atoms with E-state index in [0.29, 0.717) is 18.8 Å². The lowest BCUT2D eigenvalue weighted by molar-refractivity contribution is -0.153. The summed E-state index contributed by atoms with van der Waals surface area (Å²) < 4.78 is 10.9. The van der Waals surface area contributed by atoms with Crippen LogP contribution in [0.4, 0.5) is 0 Å². The highest BCUT2D eigenvalue weighted by Gasteiger charge is 2.35. The third kappa shape index (κ3) is 4.64. The number of rotatable bonds is 6. The van der Waals surface area contributed by atoms with Crippen molar-refractivity contribution in [2.75, 3.05) is 32.8 Å². The second-order valence-electron chi connectivity index (χ2n) is 8.81. The van der Waals surface area contributed by atoms with E-state index in [-0.39, 0.29) is 42.2 Å². The van der Waals surface area contributed by atoms with Crippen LogP contribution in [0.25, 0.3) is 0 Å². The van der Waals surface area contributed by atoms with Gasteiger partial charge in [0.1, 0.15) is 12.4 Å². The van der Waals surface area contributed by atoms with E-state index in [1.807, 2.05) is 18.7 Å². The van der Waals surface area contributed by atoms with Crippen molar-refractivity contribution < 1.29 is 18.8 Å². The van der Waals surface area contributed by atoms with Crippen molar-refractivity contribution in [3.05, 3.63) is 17.5 Å². The summed E-state index contributed by atoms with van der Waals surface area (Å²) in [5.41, 5.74) is 0.279. The third-order valence-electron chi connectivity index (χ3n) is 6.51. The number of hydrogen-bond donors (Lipinski definition) is 1. The molecule has 1 aromatic rings. The molecule has 1 atom stereocenters. The first-order valence-corrected chi connectivity index (χ1v) is 10.9. The first-order chi connectivity index (χ1) is 14.0. The van der Waals surface area contributed by atoms with Crippen molar-refractivity contribution in [1.82, 2.24) is 20.3 Å². The molecule has 0 aromatic carbocycles. The van der Waals surface area contributed by atoms with Crippen molar-refractivity contribution in [1.29, 1.82) is 0 Å². The summed E-state index contributed by atoms with van der Waals surface area (Å²) in [6.45, 7) is 7.10. The zero-order valence-electron chi connectivity index (χ0n) is 17.4. The maximum atomic E-state index is 12.4. The molecule has 3 heterocycles. The molecule has 3 fully saturated rings. The normalized spacial score (nSPS) is 24.7. The maximum Gasteiger partial charge on any atom is 0.273 e. The van der Waals surface area contributed by atoms with E-state index < -0.39 is 0 Å². The van der Waals surface area contributed by atoms with Crippen LogP contribution in [0.3, 0.4) is 0 Å². The monoisotopic (exact) mass is 404 g/mol. The lowest BCUT2D eigenvalue weighted by Gasteiger charge is -2.45. The number of aromatic nitrogens is 1. The lowest BCUT2D eigenvalue weighted by Crippen LogP contribution is -2.57. The summed E-state index contributed by atoms with van der Waals surface area (Å²) >= 11 is 0. The smallest absolute Gasteiger partial charge is 0.273 e. The van der Waals surface area contributed by atoms with Gasteiger partial charge in [0.2, 0.25) is 5.91 Å². The minimum atomic E-state index is -0.276. The van der Waals surface area contributed by atoms with Gasteiger partial charge in [0.05, 0.1) is 6.10 Å². The van der Waals surface area contributed by atoms with Crippen molar-refractivity contribution in [2.24, 2.45) is 0 Å². The van der Waals surface area contributed by atoms with Gasteiger partial charge in [-0.1, -0.05) is 25.4 Å². The number of morpholine rings is 1. The molecule has 1 aliphatic carbocycles. The Morgan fingerprint density at radius 2 is 2.00 bits per heavy atom. The topological polar surface area (TPSA) is 87.9 Å². The van der Waals surface area contributed by atoms with E-state index in [4.69, 9.17) is 9.26 Å². The van der Waals surface area contributed by atoms with Gasteiger partial charge in [0.25, 0.3) is 5.91 Å². The Bertz CT molecular complexity index is 722. The van der Waals surface area contributed by atoms with Gasteiger partial charge in [-0.25, -0.2) is 0 Å². The van der Waals surface area contributed by atoms with E-state index >= 15 is 0 Å². The quantitative estimate of drug-likeness (QED) is 0.778. The fourth-order valence-electron chi connectivity index (χ4n) is 4.40. The van der Waals surface area contributed by atoms with Crippen molar-refractivity contribution in [2.45, 2.75) is 70.1 Å². The Morgan fingerprint density at radius 3 is 2.62 bits per heavy atom. The number of likely N-dealkylation sites (tertiary alicyclic amines) is 1. The van der Waals surface area contributed by atoms with Gasteiger partial charge >= 0.3 is 0 Å². The van der Waals surface area contributed by atoms with Crippen molar-refractivity contribution in [3.63, 3.8) is 0 Å². The minimum Gasteiger partial charge on any atom is -0.365 e. The molecule has 1 N–H and O–H groups in total. The molecule has 2 saturated heterocycles. The van der Waals surface area contributed by atoms with Crippen LogP contribution < -0.4 is 5.32 Å². The summed E-state index contributed by atoms with van der Waals surface area (Å²) in [6.07, 6.45) is 5.86. The van der Waals surface area contributed by atoms with Gasteiger partial charge in [-0.05, 0) is 25.7 Å². The van der Waals surface area contributed by atoms with Gasteiger partial charge in [0.15, 0.2) is 5.69 Å². The van der Waals surface area contributed by atoms with Crippen LogP contribution in [0.2, 0.25) is 0 Å². The number of carbonyl (C=O) groups excluding carboxylic acids is 2. The molecule has 8 nitrogen and oxygen atoms in total. The van der Waals surface area contributed by atoms with Crippen LogP contribution in [-0.2, 0) is 9.53 Å². The number of amides is 2. The summed E-state index contributed by atoms with van der Waals surface area (Å²) in [4.78, 5) is 29.3. The average Bonchev–Trinajstić information content (AvgIpc) is 3.17. The number of nitrogens with zero attached hydrogens (tertiary/aromatic N) is 3. The summed E-state index contributed by atoms with van der Waals surface area (Å²) in [5, 5.41) is 6.70. The van der Waals surface area contributed by atoms with E-state index in [9.17, 15) is 9.59 Å². The minimum absolute atomic E-state index is 0.0627. The molecule has 2 aliphatic heterocycles. The number of nitrogens with one attached hydrogen (secondary N) is 1. The van der Waals surface area contributed by atoms with E-state index in [0.717, 1.165) is 32.0 Å². The molecule has 1 saturated carbocycles. The molecule has 160 valence electrons. The molecule has 4 rings (SSSR count). The molecular weight excluding hydrogens is 372 g/mol. The fourth-order valence-corrected chi connectivity index (χ4v) is 4.40. The zero-order chi connectivity index (χ0) is 20.4. The van der Waals surface area contributed by atoms with E-state index in [1.165, 1.54) is 19.3 Å². The Kier molecular flexibility index (Phi) is 6.20. The van der Waals surface area contributed by atoms with Crippen molar-refractivity contribution in [3.8, 4) is 0 Å². The fraction of sp³-hybridized carbons (Fsp3) is 0.762. The first-order valence-electron chi connectivity index (χ1n) is 10.9. The first kappa shape index (κ1) is 20.3. The van der Waals surface area contributed by atoms with Crippen LogP contribution in [-0.4, -0.2) is 77.7 Å². The van der Waals surface area contributed by atoms with Crippen LogP contribution in [0.5, 0.6) is 0 Å². The average molecular weight is 405 g/mol. The van der Waals surface area contributed by atoms with E-state index in [1.54, 1.807) is 6.07 Å². The van der Waals surface area contributed by atoms with Gasteiger partial charge in [-0.3, -0.25) is 9.59 Å². The second-order valence-corrected chi connectivity index (χ2v) is 8.81. The SMILES string of the molecule is CC(C)c1cc(C(=O)NC[C@H]2CN(C3CCN(C4CCC4)CC3)C(=O)CO2)no1. The Morgan fingerprint density at radius 1 is 1.24 bits per heavy atom. The maximum absolute atomic E-state index is 12.4. The largest absolute Gasteiger partial charge is 0.365 e. The second kappa shape index (κ2) is 8.83. The number of piperidine rings is 1. The molecular formula is C21H32N4O4. The highest BCUT2D eigenvalue weighted by molar-refractivity contribution is 5.92. The molecule has 29 heavy (non-hydrogen) atoms. The summed E-state index contributed by atoms with van der Waals surface area (Å²) in [5.74, 6) is 0.657. The van der Waals surface area contributed by atoms with Crippen LogP contribution in [0.1, 0.15) is 68.1 Å². The molecule has 0 unspecified atom stereocenters. The standard InChI is InChI=1S/C21H32N4O4/c1-14(2)19-10-18(23-29-19)21(27)22-11-17-12-25(20(26)13-28-17)16-6-8-24(9-7-16)15-4-3-5-15/h10,14-17H,3-9,11-13H2,1-2H3,(H,22,27)/t17-/m0/s1. The molecule has 0 bridgehead atoms. The molecule has 0 radical (unpaired) electrons. The Balaban J connectivity index is 1.26. The molecule has 3 aliphatic rings. The van der Waals surface area contributed by atoms with E-state index in [2.05, 4.69) is 15.4 Å². The molecule has 2 amide bonds. The van der Waals surface area contributed by atoms with Gasteiger partial charge in [-0.2, -0.15) is 0 Å². The molecule has 8 heteroatoms.